The fourth-order valence-corrected chi connectivity index (χ4v) is 3.02. The van der Waals surface area contributed by atoms with Crippen molar-refractivity contribution in [1.82, 2.24) is 16.0 Å². The average molecular weight is 310 g/mol. The molecule has 2 heterocycles. The normalized spacial score (nSPS) is 27.6. The molecule has 0 aromatic heterocycles. The van der Waals surface area contributed by atoms with Crippen LogP contribution in [0.3, 0.4) is 0 Å². The standard InChI is InChI=1S/C15H20ClN3O2/c1-15(4-5-17-9-15)19-14(20)18-12-6-10-2-3-11(16)7-13(10)21-8-12/h2-3,7,12,17H,4-6,8-9H2,1H3,(H2,18,19,20). The van der Waals surface area contributed by atoms with E-state index in [9.17, 15) is 4.79 Å². The lowest BCUT2D eigenvalue weighted by atomic mass is 10.0. The number of hydrogen-bond acceptors (Lipinski definition) is 3. The van der Waals surface area contributed by atoms with E-state index in [0.29, 0.717) is 11.6 Å². The lowest BCUT2D eigenvalue weighted by Gasteiger charge is -2.29. The van der Waals surface area contributed by atoms with Crippen molar-refractivity contribution in [2.24, 2.45) is 0 Å². The molecule has 3 N–H and O–H groups in total. The highest BCUT2D eigenvalue weighted by molar-refractivity contribution is 6.30. The number of carbonyl (C=O) groups excluding carboxylic acids is 1. The van der Waals surface area contributed by atoms with Crippen LogP contribution in [0.4, 0.5) is 4.79 Å². The first-order chi connectivity index (χ1) is 10.0. The van der Waals surface area contributed by atoms with Gasteiger partial charge in [-0.1, -0.05) is 17.7 Å². The zero-order valence-electron chi connectivity index (χ0n) is 12.0. The topological polar surface area (TPSA) is 62.4 Å². The highest BCUT2D eigenvalue weighted by Gasteiger charge is 2.31. The van der Waals surface area contributed by atoms with Crippen LogP contribution >= 0.6 is 11.6 Å². The van der Waals surface area contributed by atoms with Crippen molar-refractivity contribution in [2.45, 2.75) is 31.3 Å². The van der Waals surface area contributed by atoms with Crippen LogP contribution in [0.15, 0.2) is 18.2 Å². The van der Waals surface area contributed by atoms with Gasteiger partial charge < -0.3 is 20.7 Å². The third-order valence-corrected chi connectivity index (χ3v) is 4.29. The molecule has 0 saturated carbocycles. The van der Waals surface area contributed by atoms with Gasteiger partial charge in [-0.3, -0.25) is 0 Å². The van der Waals surface area contributed by atoms with Crippen LogP contribution in [0.5, 0.6) is 5.75 Å². The molecule has 2 atom stereocenters. The Labute approximate surface area is 129 Å². The van der Waals surface area contributed by atoms with Crippen molar-refractivity contribution in [3.63, 3.8) is 0 Å². The zero-order valence-corrected chi connectivity index (χ0v) is 12.8. The van der Waals surface area contributed by atoms with Crippen LogP contribution in [0, 0.1) is 0 Å². The van der Waals surface area contributed by atoms with Crippen molar-refractivity contribution in [2.75, 3.05) is 19.7 Å². The monoisotopic (exact) mass is 309 g/mol. The lowest BCUT2D eigenvalue weighted by Crippen LogP contribution is -2.55. The molecule has 21 heavy (non-hydrogen) atoms. The second-order valence-electron chi connectivity index (χ2n) is 6.05. The molecule has 6 heteroatoms. The van der Waals surface area contributed by atoms with Gasteiger partial charge in [-0.15, -0.1) is 0 Å². The summed E-state index contributed by atoms with van der Waals surface area (Å²) in [4.78, 5) is 12.1. The summed E-state index contributed by atoms with van der Waals surface area (Å²) in [5.74, 6) is 0.813. The van der Waals surface area contributed by atoms with E-state index in [-0.39, 0.29) is 17.6 Å². The summed E-state index contributed by atoms with van der Waals surface area (Å²) in [7, 11) is 0. The first kappa shape index (κ1) is 14.5. The van der Waals surface area contributed by atoms with Gasteiger partial charge in [0.05, 0.1) is 11.6 Å². The SMILES string of the molecule is CC1(NC(=O)NC2COc3cc(Cl)ccc3C2)CCNC1. The molecule has 2 aliphatic rings. The zero-order chi connectivity index (χ0) is 14.9. The fraction of sp³-hybridized carbons (Fsp3) is 0.533. The van der Waals surface area contributed by atoms with Gasteiger partial charge in [0.15, 0.2) is 0 Å². The van der Waals surface area contributed by atoms with Gasteiger partial charge >= 0.3 is 6.03 Å². The third-order valence-electron chi connectivity index (χ3n) is 4.05. The molecule has 0 spiro atoms. The predicted molar refractivity (Wildman–Crippen MR) is 82.0 cm³/mol. The van der Waals surface area contributed by atoms with E-state index in [1.165, 1.54) is 0 Å². The number of ether oxygens (including phenoxy) is 1. The van der Waals surface area contributed by atoms with Gasteiger partial charge in [-0.2, -0.15) is 0 Å². The molecule has 3 rings (SSSR count). The smallest absolute Gasteiger partial charge is 0.315 e. The molecular weight excluding hydrogens is 290 g/mol. The Morgan fingerprint density at radius 2 is 2.38 bits per heavy atom. The van der Waals surface area contributed by atoms with Crippen molar-refractivity contribution in [3.05, 3.63) is 28.8 Å². The van der Waals surface area contributed by atoms with E-state index < -0.39 is 0 Å². The van der Waals surface area contributed by atoms with Crippen LogP contribution in [-0.4, -0.2) is 37.3 Å². The number of nitrogens with one attached hydrogen (secondary N) is 3. The molecule has 1 aromatic rings. The van der Waals surface area contributed by atoms with Gasteiger partial charge in [0.1, 0.15) is 12.4 Å². The minimum absolute atomic E-state index is 0.0170. The summed E-state index contributed by atoms with van der Waals surface area (Å²) >= 11 is 5.94. The second-order valence-corrected chi connectivity index (χ2v) is 6.49. The van der Waals surface area contributed by atoms with Gasteiger partial charge in [0.2, 0.25) is 0 Å². The minimum Gasteiger partial charge on any atom is -0.491 e. The summed E-state index contributed by atoms with van der Waals surface area (Å²) in [5.41, 5.74) is 0.912. The maximum atomic E-state index is 12.1. The Hall–Kier alpha value is -1.46. The van der Waals surface area contributed by atoms with Crippen LogP contribution in [0.2, 0.25) is 5.02 Å². The average Bonchev–Trinajstić information content (AvgIpc) is 2.85. The Morgan fingerprint density at radius 1 is 1.52 bits per heavy atom. The van der Waals surface area contributed by atoms with Crippen LogP contribution in [0.25, 0.3) is 0 Å². The number of fused-ring (bicyclic) bond motifs is 1. The van der Waals surface area contributed by atoms with Crippen molar-refractivity contribution in [3.8, 4) is 5.75 Å². The van der Waals surface area contributed by atoms with Gasteiger partial charge in [-0.05, 0) is 44.0 Å². The van der Waals surface area contributed by atoms with Crippen molar-refractivity contribution < 1.29 is 9.53 Å². The van der Waals surface area contributed by atoms with E-state index in [2.05, 4.69) is 22.9 Å². The maximum absolute atomic E-state index is 12.1. The first-order valence-corrected chi connectivity index (χ1v) is 7.62. The fourth-order valence-electron chi connectivity index (χ4n) is 2.86. The van der Waals surface area contributed by atoms with Gasteiger partial charge in [0.25, 0.3) is 0 Å². The summed E-state index contributed by atoms with van der Waals surface area (Å²) in [6.45, 7) is 4.28. The van der Waals surface area contributed by atoms with E-state index in [4.69, 9.17) is 16.3 Å². The molecule has 0 bridgehead atoms. The largest absolute Gasteiger partial charge is 0.491 e. The molecule has 2 unspecified atom stereocenters. The van der Waals surface area contributed by atoms with E-state index in [1.807, 2.05) is 18.2 Å². The number of hydrogen-bond donors (Lipinski definition) is 3. The van der Waals surface area contributed by atoms with Gasteiger partial charge in [0, 0.05) is 11.6 Å². The Morgan fingerprint density at radius 3 is 3.14 bits per heavy atom. The van der Waals surface area contributed by atoms with Crippen molar-refractivity contribution in [1.29, 1.82) is 0 Å². The number of halogens is 1. The number of urea groups is 1. The van der Waals surface area contributed by atoms with E-state index in [0.717, 1.165) is 37.2 Å². The summed E-state index contributed by atoms with van der Waals surface area (Å²) < 4.78 is 5.67. The molecule has 114 valence electrons. The summed E-state index contributed by atoms with van der Waals surface area (Å²) in [5, 5.41) is 9.96. The quantitative estimate of drug-likeness (QED) is 0.779. The second kappa shape index (κ2) is 5.73. The molecule has 2 amide bonds. The molecule has 0 aliphatic carbocycles. The molecule has 1 fully saturated rings. The number of carbonyl (C=O) groups is 1. The van der Waals surface area contributed by atoms with Gasteiger partial charge in [-0.25, -0.2) is 4.79 Å². The Kier molecular flexibility index (Phi) is 3.95. The first-order valence-electron chi connectivity index (χ1n) is 7.25. The molecule has 1 aromatic carbocycles. The Bertz CT molecular complexity index is 544. The highest BCUT2D eigenvalue weighted by atomic mass is 35.5. The number of amides is 2. The van der Waals surface area contributed by atoms with Crippen molar-refractivity contribution >= 4 is 17.6 Å². The van der Waals surface area contributed by atoms with E-state index >= 15 is 0 Å². The minimum atomic E-state index is -0.162. The van der Waals surface area contributed by atoms with Crippen LogP contribution in [0.1, 0.15) is 18.9 Å². The third kappa shape index (κ3) is 3.41. The summed E-state index contributed by atoms with van der Waals surface area (Å²) in [6, 6.07) is 5.46. The highest BCUT2D eigenvalue weighted by Crippen LogP contribution is 2.27. The lowest BCUT2D eigenvalue weighted by molar-refractivity contribution is 0.206. The maximum Gasteiger partial charge on any atom is 0.315 e. The molecular formula is C15H20ClN3O2. The Balaban J connectivity index is 1.57. The van der Waals surface area contributed by atoms with Crippen LogP contribution < -0.4 is 20.7 Å². The number of benzene rings is 1. The predicted octanol–water partition coefficient (Wildman–Crippen LogP) is 1.69. The summed E-state index contributed by atoms with van der Waals surface area (Å²) in [6.07, 6.45) is 1.71. The van der Waals surface area contributed by atoms with Crippen LogP contribution in [-0.2, 0) is 6.42 Å². The molecule has 5 nitrogen and oxygen atoms in total. The van der Waals surface area contributed by atoms with E-state index in [1.54, 1.807) is 0 Å². The molecule has 0 radical (unpaired) electrons. The molecule has 1 saturated heterocycles. The number of rotatable bonds is 2. The molecule has 2 aliphatic heterocycles.